The number of halogens is 1. The molecule has 162 valence electrons. The van der Waals surface area contributed by atoms with Crippen LogP contribution < -0.4 is 0 Å². The Morgan fingerprint density at radius 3 is 2.39 bits per heavy atom. The summed E-state index contributed by atoms with van der Waals surface area (Å²) in [7, 11) is 0. The molecule has 1 atom stereocenters. The Bertz CT molecular complexity index is 964. The number of ether oxygens (including phenoxy) is 1. The van der Waals surface area contributed by atoms with E-state index in [1.165, 1.54) is 35.9 Å². The summed E-state index contributed by atoms with van der Waals surface area (Å²) in [5.74, 6) is -1.74. The lowest BCUT2D eigenvalue weighted by Crippen LogP contribution is -2.43. The Kier molecular flexibility index (Phi) is 7.34. The maximum Gasteiger partial charge on any atom is 0.331 e. The Balaban J connectivity index is 1.65. The molecule has 1 heterocycles. The molecular weight excluding hydrogens is 397 g/mol. The third kappa shape index (κ3) is 5.87. The molecule has 1 saturated heterocycles. The highest BCUT2D eigenvalue weighted by atomic mass is 19.1. The van der Waals surface area contributed by atoms with E-state index in [9.17, 15) is 18.8 Å². The summed E-state index contributed by atoms with van der Waals surface area (Å²) in [5, 5.41) is 0. The molecule has 6 heteroatoms. The summed E-state index contributed by atoms with van der Waals surface area (Å²) in [6, 6.07) is 12.9. The maximum absolute atomic E-state index is 13.1. The lowest BCUT2D eigenvalue weighted by molar-refractivity contribution is -0.154. The first-order valence-corrected chi connectivity index (χ1v) is 10.4. The number of imide groups is 1. The van der Waals surface area contributed by atoms with Crippen LogP contribution in [0.25, 0.3) is 6.08 Å². The van der Waals surface area contributed by atoms with Crippen molar-refractivity contribution < 1.29 is 23.5 Å². The van der Waals surface area contributed by atoms with Crippen LogP contribution in [0, 0.1) is 5.82 Å². The van der Waals surface area contributed by atoms with Crippen molar-refractivity contribution in [2.24, 2.45) is 0 Å². The second-order valence-corrected chi connectivity index (χ2v) is 7.88. The van der Waals surface area contributed by atoms with Crippen LogP contribution in [-0.4, -0.2) is 35.3 Å². The van der Waals surface area contributed by atoms with Crippen LogP contribution in [0.5, 0.6) is 0 Å². The topological polar surface area (TPSA) is 63.7 Å². The summed E-state index contributed by atoms with van der Waals surface area (Å²) in [5.41, 5.74) is 2.27. The summed E-state index contributed by atoms with van der Waals surface area (Å²) in [4.78, 5) is 39.0. The number of benzene rings is 2. The van der Waals surface area contributed by atoms with Crippen molar-refractivity contribution in [2.75, 3.05) is 6.54 Å². The first-order valence-electron chi connectivity index (χ1n) is 10.4. The van der Waals surface area contributed by atoms with Gasteiger partial charge in [0.2, 0.25) is 0 Å². The van der Waals surface area contributed by atoms with Crippen molar-refractivity contribution in [3.63, 3.8) is 0 Å². The molecule has 0 saturated carbocycles. The van der Waals surface area contributed by atoms with Crippen molar-refractivity contribution in [1.82, 2.24) is 4.90 Å². The van der Waals surface area contributed by atoms with E-state index in [0.29, 0.717) is 25.2 Å². The van der Waals surface area contributed by atoms with E-state index in [1.807, 2.05) is 24.3 Å². The SMILES string of the molecule is CC(C)c1ccc(/C=C/C(=O)OC2CCCCN(C(=O)c3ccc(F)cc3)C2=O)cc1. The van der Waals surface area contributed by atoms with Gasteiger partial charge in [0.25, 0.3) is 11.8 Å². The third-order valence-corrected chi connectivity index (χ3v) is 5.25. The molecule has 0 aliphatic carbocycles. The van der Waals surface area contributed by atoms with Gasteiger partial charge in [-0.25, -0.2) is 9.18 Å². The zero-order chi connectivity index (χ0) is 22.4. The molecule has 0 N–H and O–H groups in total. The highest BCUT2D eigenvalue weighted by Crippen LogP contribution is 2.19. The van der Waals surface area contributed by atoms with Crippen molar-refractivity contribution >= 4 is 23.9 Å². The lowest BCUT2D eigenvalue weighted by atomic mass is 10.0. The fourth-order valence-electron chi connectivity index (χ4n) is 3.40. The number of esters is 1. The number of carbonyl (C=O) groups excluding carboxylic acids is 3. The largest absolute Gasteiger partial charge is 0.449 e. The average molecular weight is 423 g/mol. The van der Waals surface area contributed by atoms with E-state index in [2.05, 4.69) is 13.8 Å². The van der Waals surface area contributed by atoms with Crippen LogP contribution in [0.2, 0.25) is 0 Å². The first kappa shape index (κ1) is 22.4. The van der Waals surface area contributed by atoms with Crippen LogP contribution in [0.1, 0.15) is 60.5 Å². The number of rotatable bonds is 5. The van der Waals surface area contributed by atoms with E-state index < -0.39 is 29.7 Å². The van der Waals surface area contributed by atoms with Gasteiger partial charge in [0.15, 0.2) is 6.10 Å². The molecule has 1 aliphatic rings. The lowest BCUT2D eigenvalue weighted by Gasteiger charge is -2.22. The van der Waals surface area contributed by atoms with Crippen molar-refractivity contribution in [2.45, 2.75) is 45.1 Å². The van der Waals surface area contributed by atoms with Gasteiger partial charge < -0.3 is 4.74 Å². The molecular formula is C25H26FNO4. The molecule has 2 aromatic carbocycles. The number of amides is 2. The second kappa shape index (κ2) is 10.2. The molecule has 3 rings (SSSR count). The van der Waals surface area contributed by atoms with Gasteiger partial charge in [0, 0.05) is 18.2 Å². The fourth-order valence-corrected chi connectivity index (χ4v) is 3.40. The Labute approximate surface area is 181 Å². The van der Waals surface area contributed by atoms with Crippen LogP contribution >= 0.6 is 0 Å². The summed E-state index contributed by atoms with van der Waals surface area (Å²) < 4.78 is 18.5. The molecule has 0 spiro atoms. The third-order valence-electron chi connectivity index (χ3n) is 5.25. The molecule has 1 fully saturated rings. The minimum absolute atomic E-state index is 0.214. The quantitative estimate of drug-likeness (QED) is 0.396. The van der Waals surface area contributed by atoms with E-state index in [-0.39, 0.29) is 12.1 Å². The Morgan fingerprint density at radius 2 is 1.74 bits per heavy atom. The fraction of sp³-hybridized carbons (Fsp3) is 0.320. The van der Waals surface area contributed by atoms with Gasteiger partial charge in [0.05, 0.1) is 0 Å². The molecule has 2 aromatic rings. The average Bonchev–Trinajstić information content (AvgIpc) is 2.94. The number of hydrogen-bond donors (Lipinski definition) is 0. The summed E-state index contributed by atoms with van der Waals surface area (Å²) in [6.07, 6.45) is 3.52. The monoisotopic (exact) mass is 423 g/mol. The standard InChI is InChI=1S/C25H26FNO4/c1-17(2)19-9-6-18(7-10-19)8-15-23(28)31-22-5-3-4-16-27(25(22)30)24(29)20-11-13-21(26)14-12-20/h6-15,17,22H,3-5,16H2,1-2H3/b15-8+. The smallest absolute Gasteiger partial charge is 0.331 e. The van der Waals surface area contributed by atoms with Gasteiger partial charge in [-0.05, 0) is 66.6 Å². The van der Waals surface area contributed by atoms with Gasteiger partial charge in [-0.2, -0.15) is 0 Å². The first-order chi connectivity index (χ1) is 14.8. The van der Waals surface area contributed by atoms with Crippen LogP contribution in [0.15, 0.2) is 54.6 Å². The van der Waals surface area contributed by atoms with E-state index in [0.717, 1.165) is 10.5 Å². The van der Waals surface area contributed by atoms with Gasteiger partial charge in [0.1, 0.15) is 5.82 Å². The highest BCUT2D eigenvalue weighted by Gasteiger charge is 2.33. The van der Waals surface area contributed by atoms with E-state index >= 15 is 0 Å². The molecule has 1 unspecified atom stereocenters. The van der Waals surface area contributed by atoms with Crippen LogP contribution in [0.3, 0.4) is 0 Å². The summed E-state index contributed by atoms with van der Waals surface area (Å²) >= 11 is 0. The summed E-state index contributed by atoms with van der Waals surface area (Å²) in [6.45, 7) is 4.45. The molecule has 31 heavy (non-hydrogen) atoms. The van der Waals surface area contributed by atoms with Gasteiger partial charge in [-0.1, -0.05) is 38.1 Å². The minimum atomic E-state index is -1.02. The second-order valence-electron chi connectivity index (χ2n) is 7.88. The molecule has 5 nitrogen and oxygen atoms in total. The molecule has 0 bridgehead atoms. The van der Waals surface area contributed by atoms with Crippen LogP contribution in [0.4, 0.5) is 4.39 Å². The number of hydrogen-bond acceptors (Lipinski definition) is 4. The molecule has 2 amide bonds. The molecule has 0 radical (unpaired) electrons. The van der Waals surface area contributed by atoms with Gasteiger partial charge in [-0.15, -0.1) is 0 Å². The Morgan fingerprint density at radius 1 is 1.06 bits per heavy atom. The van der Waals surface area contributed by atoms with Gasteiger partial charge in [-0.3, -0.25) is 14.5 Å². The van der Waals surface area contributed by atoms with Crippen molar-refractivity contribution in [3.05, 3.63) is 77.1 Å². The highest BCUT2D eigenvalue weighted by molar-refractivity contribution is 6.06. The molecule has 1 aliphatic heterocycles. The number of likely N-dealkylation sites (tertiary alicyclic amines) is 1. The zero-order valence-electron chi connectivity index (χ0n) is 17.7. The van der Waals surface area contributed by atoms with Crippen LogP contribution in [-0.2, 0) is 14.3 Å². The number of nitrogens with zero attached hydrogens (tertiary/aromatic N) is 1. The predicted octanol–water partition coefficient (Wildman–Crippen LogP) is 4.73. The molecule has 0 aromatic heterocycles. The normalized spacial score (nSPS) is 17.1. The predicted molar refractivity (Wildman–Crippen MR) is 116 cm³/mol. The number of carbonyl (C=O) groups is 3. The zero-order valence-corrected chi connectivity index (χ0v) is 17.7. The van der Waals surface area contributed by atoms with E-state index in [1.54, 1.807) is 6.08 Å². The van der Waals surface area contributed by atoms with E-state index in [4.69, 9.17) is 4.74 Å². The van der Waals surface area contributed by atoms with Gasteiger partial charge >= 0.3 is 5.97 Å². The van der Waals surface area contributed by atoms with Crippen molar-refractivity contribution in [3.8, 4) is 0 Å². The Hall–Kier alpha value is -3.28. The van der Waals surface area contributed by atoms with Crippen molar-refractivity contribution in [1.29, 1.82) is 0 Å². The maximum atomic E-state index is 13.1. The minimum Gasteiger partial charge on any atom is -0.449 e.